The predicted octanol–water partition coefficient (Wildman–Crippen LogP) is 3.71. The number of H-pyrrole nitrogens is 3. The first-order valence-electron chi connectivity index (χ1n) is 13.1. The Labute approximate surface area is 238 Å². The summed E-state index contributed by atoms with van der Waals surface area (Å²) in [5.41, 5.74) is 2.40. The first kappa shape index (κ1) is 27.9. The van der Waals surface area contributed by atoms with Crippen molar-refractivity contribution in [2.24, 2.45) is 0 Å². The maximum Gasteiger partial charge on any atom is 0.351 e. The minimum absolute atomic E-state index is 0.344. The van der Waals surface area contributed by atoms with E-state index < -0.39 is 23.1 Å². The molecule has 212 valence electrons. The van der Waals surface area contributed by atoms with Crippen LogP contribution in [0.5, 0.6) is 5.75 Å². The van der Waals surface area contributed by atoms with Crippen LogP contribution in [0.4, 0.5) is 0 Å². The van der Waals surface area contributed by atoms with Crippen molar-refractivity contribution in [2.45, 2.75) is 26.7 Å². The van der Waals surface area contributed by atoms with E-state index in [0.717, 1.165) is 11.1 Å². The molecular formula is C30H26N6O6. The normalized spacial score (nSPS) is 10.8. The minimum Gasteiger partial charge on any atom is -0.497 e. The molecular weight excluding hydrogens is 540 g/mol. The largest absolute Gasteiger partial charge is 0.497 e. The molecule has 0 aliphatic carbocycles. The van der Waals surface area contributed by atoms with E-state index in [9.17, 15) is 19.2 Å². The van der Waals surface area contributed by atoms with Gasteiger partial charge in [0.05, 0.1) is 18.5 Å². The number of esters is 2. The van der Waals surface area contributed by atoms with Gasteiger partial charge < -0.3 is 19.4 Å². The molecule has 0 spiro atoms. The molecule has 5 rings (SSSR count). The van der Waals surface area contributed by atoms with Gasteiger partial charge in [0.25, 0.3) is 11.1 Å². The summed E-state index contributed by atoms with van der Waals surface area (Å²) in [6.45, 7) is 3.73. The van der Waals surface area contributed by atoms with Crippen LogP contribution in [-0.2, 0) is 17.6 Å². The fraction of sp³-hybridized carbons (Fsp3) is 0.167. The van der Waals surface area contributed by atoms with E-state index in [2.05, 4.69) is 30.6 Å². The molecule has 0 fully saturated rings. The summed E-state index contributed by atoms with van der Waals surface area (Å²) in [5.74, 6) is -1.16. The second kappa shape index (κ2) is 11.8. The number of carbonyl (C=O) groups is 2. The molecule has 0 unspecified atom stereocenters. The quantitative estimate of drug-likeness (QED) is 0.187. The number of rotatable bonds is 8. The Morgan fingerprint density at radius 2 is 1.21 bits per heavy atom. The van der Waals surface area contributed by atoms with Gasteiger partial charge in [0.1, 0.15) is 16.9 Å². The number of aryl methyl sites for hydroxylation is 2. The number of tetrazole rings is 1. The highest BCUT2D eigenvalue weighted by molar-refractivity contribution is 6.02. The van der Waals surface area contributed by atoms with Crippen LogP contribution in [0.1, 0.15) is 45.7 Å². The van der Waals surface area contributed by atoms with Crippen LogP contribution in [0.3, 0.4) is 0 Å². The van der Waals surface area contributed by atoms with Crippen LogP contribution < -0.4 is 15.9 Å². The molecule has 0 atom stereocenters. The lowest BCUT2D eigenvalue weighted by Gasteiger charge is -2.12. The Kier molecular flexibility index (Phi) is 7.87. The van der Waals surface area contributed by atoms with Crippen molar-refractivity contribution < 1.29 is 19.1 Å². The van der Waals surface area contributed by atoms with E-state index >= 15 is 0 Å². The highest BCUT2D eigenvalue weighted by Gasteiger charge is 2.23. The van der Waals surface area contributed by atoms with Gasteiger partial charge in [-0.3, -0.25) is 9.59 Å². The van der Waals surface area contributed by atoms with Gasteiger partial charge in [-0.25, -0.2) is 14.7 Å². The summed E-state index contributed by atoms with van der Waals surface area (Å²) >= 11 is 0. The van der Waals surface area contributed by atoms with Crippen molar-refractivity contribution >= 4 is 11.9 Å². The number of aromatic amines is 3. The zero-order chi connectivity index (χ0) is 29.8. The van der Waals surface area contributed by atoms with E-state index in [0.29, 0.717) is 52.5 Å². The molecule has 0 aliphatic rings. The van der Waals surface area contributed by atoms with Crippen molar-refractivity contribution in [1.82, 2.24) is 30.6 Å². The third-order valence-corrected chi connectivity index (χ3v) is 6.80. The molecule has 0 bridgehead atoms. The van der Waals surface area contributed by atoms with Crippen molar-refractivity contribution in [1.29, 1.82) is 0 Å². The van der Waals surface area contributed by atoms with Crippen molar-refractivity contribution in [3.63, 3.8) is 0 Å². The summed E-state index contributed by atoms with van der Waals surface area (Å²) < 4.78 is 10.2. The summed E-state index contributed by atoms with van der Waals surface area (Å²) in [7, 11) is 1.56. The third kappa shape index (κ3) is 5.50. The van der Waals surface area contributed by atoms with Crippen LogP contribution in [0.2, 0.25) is 0 Å². The fourth-order valence-electron chi connectivity index (χ4n) is 4.55. The Bertz CT molecular complexity index is 1870. The molecule has 5 aromatic rings. The van der Waals surface area contributed by atoms with Gasteiger partial charge in [-0.05, 0) is 81.9 Å². The van der Waals surface area contributed by atoms with Gasteiger partial charge in [0.15, 0.2) is 5.82 Å². The van der Waals surface area contributed by atoms with Gasteiger partial charge in [-0.2, -0.15) is 0 Å². The number of nitrogens with zero attached hydrogens (tertiary/aromatic N) is 3. The second-order valence-corrected chi connectivity index (χ2v) is 9.26. The van der Waals surface area contributed by atoms with Crippen molar-refractivity contribution in [3.8, 4) is 39.7 Å². The minimum atomic E-state index is -1.16. The Hall–Kier alpha value is -5.65. The monoisotopic (exact) mass is 566 g/mol. The van der Waals surface area contributed by atoms with E-state index in [-0.39, 0.29) is 11.1 Å². The highest BCUT2D eigenvalue weighted by atomic mass is 16.6. The van der Waals surface area contributed by atoms with E-state index in [1.165, 1.54) is 12.1 Å². The molecule has 3 aromatic heterocycles. The van der Waals surface area contributed by atoms with Gasteiger partial charge in [-0.15, -0.1) is 5.10 Å². The SMILES string of the molecule is CCc1cc(C(=O)OC(=O)c2cc(CC)c(-c3ccc(-c4nnn[nH]4)cc3)[nH]c2=O)c(=O)[nH]c1-c1ccc(OC)cc1. The smallest absolute Gasteiger partial charge is 0.351 e. The molecule has 12 heteroatoms. The summed E-state index contributed by atoms with van der Waals surface area (Å²) in [4.78, 5) is 57.1. The fourth-order valence-corrected chi connectivity index (χ4v) is 4.55. The number of methoxy groups -OCH3 is 1. The van der Waals surface area contributed by atoms with Crippen LogP contribution in [0, 0.1) is 0 Å². The molecule has 0 aliphatic heterocycles. The van der Waals surface area contributed by atoms with Gasteiger partial charge in [-0.1, -0.05) is 38.1 Å². The number of hydrogen-bond donors (Lipinski definition) is 3. The zero-order valence-electron chi connectivity index (χ0n) is 23.0. The van der Waals surface area contributed by atoms with E-state index in [4.69, 9.17) is 9.47 Å². The predicted molar refractivity (Wildman–Crippen MR) is 153 cm³/mol. The second-order valence-electron chi connectivity index (χ2n) is 9.26. The number of carbonyl (C=O) groups excluding carboxylic acids is 2. The lowest BCUT2D eigenvalue weighted by molar-refractivity contribution is 0.0395. The molecule has 0 saturated carbocycles. The maximum absolute atomic E-state index is 12.9. The number of aromatic nitrogens is 6. The van der Waals surface area contributed by atoms with Crippen LogP contribution in [0.15, 0.2) is 70.3 Å². The average Bonchev–Trinajstić information content (AvgIpc) is 3.56. The molecule has 12 nitrogen and oxygen atoms in total. The maximum atomic E-state index is 12.9. The Balaban J connectivity index is 1.39. The molecule has 2 aromatic carbocycles. The van der Waals surface area contributed by atoms with Crippen molar-refractivity contribution in [3.05, 3.63) is 104 Å². The standard InChI is InChI=1S/C30H26N6O6/c1-4-16-14-22(27(37)31-24(16)18-6-8-20(9-7-18)26-33-35-36-34-26)29(39)42-30(40)23-15-17(5-2)25(32-28(23)38)19-10-12-21(41-3)13-11-19/h6-15H,4-5H2,1-3H3,(H,31,37)(H,32,38)(H,33,34,35,36). The topological polar surface area (TPSA) is 173 Å². The lowest BCUT2D eigenvalue weighted by Crippen LogP contribution is -2.26. The molecule has 3 heterocycles. The first-order chi connectivity index (χ1) is 20.3. The average molecular weight is 567 g/mol. The number of nitrogens with one attached hydrogen (secondary N) is 3. The number of pyridine rings is 2. The van der Waals surface area contributed by atoms with E-state index in [1.54, 1.807) is 55.6 Å². The van der Waals surface area contributed by atoms with Gasteiger partial charge in [0, 0.05) is 5.56 Å². The molecule has 0 amide bonds. The zero-order valence-corrected chi connectivity index (χ0v) is 23.0. The van der Waals surface area contributed by atoms with Gasteiger partial charge in [0.2, 0.25) is 0 Å². The summed E-state index contributed by atoms with van der Waals surface area (Å²) in [5, 5.41) is 13.7. The summed E-state index contributed by atoms with van der Waals surface area (Å²) in [6, 6.07) is 17.0. The van der Waals surface area contributed by atoms with E-state index in [1.807, 2.05) is 13.8 Å². The lowest BCUT2D eigenvalue weighted by atomic mass is 10.0. The Morgan fingerprint density at radius 1 is 0.738 bits per heavy atom. The van der Waals surface area contributed by atoms with Crippen molar-refractivity contribution in [2.75, 3.05) is 7.11 Å². The van der Waals surface area contributed by atoms with Crippen LogP contribution in [-0.4, -0.2) is 49.6 Å². The summed E-state index contributed by atoms with van der Waals surface area (Å²) in [6.07, 6.45) is 0.962. The number of hydrogen-bond acceptors (Lipinski definition) is 9. The van der Waals surface area contributed by atoms with Crippen LogP contribution >= 0.6 is 0 Å². The Morgan fingerprint density at radius 3 is 1.64 bits per heavy atom. The molecule has 0 saturated heterocycles. The third-order valence-electron chi connectivity index (χ3n) is 6.80. The first-order valence-corrected chi connectivity index (χ1v) is 13.1. The molecule has 42 heavy (non-hydrogen) atoms. The van der Waals surface area contributed by atoms with Gasteiger partial charge >= 0.3 is 11.9 Å². The molecule has 0 radical (unpaired) electrons. The number of benzene rings is 2. The number of ether oxygens (including phenoxy) is 2. The van der Waals surface area contributed by atoms with Crippen LogP contribution in [0.25, 0.3) is 33.9 Å². The highest BCUT2D eigenvalue weighted by Crippen LogP contribution is 2.26. The molecule has 3 N–H and O–H groups in total.